The second-order valence-corrected chi connectivity index (χ2v) is 5.62. The van der Waals surface area contributed by atoms with Gasteiger partial charge in [-0.2, -0.15) is 0 Å². The van der Waals surface area contributed by atoms with Gasteiger partial charge in [-0.25, -0.2) is 0 Å². The van der Waals surface area contributed by atoms with E-state index in [1.54, 1.807) is 7.11 Å². The summed E-state index contributed by atoms with van der Waals surface area (Å²) in [7, 11) is 1.73. The topological polar surface area (TPSA) is 30.5 Å². The Kier molecular flexibility index (Phi) is 6.44. The van der Waals surface area contributed by atoms with Gasteiger partial charge < -0.3 is 14.8 Å². The van der Waals surface area contributed by atoms with Gasteiger partial charge >= 0.3 is 0 Å². The van der Waals surface area contributed by atoms with Crippen molar-refractivity contribution in [3.63, 3.8) is 0 Å². The van der Waals surface area contributed by atoms with Crippen LogP contribution in [-0.4, -0.2) is 13.2 Å². The first-order chi connectivity index (χ1) is 10.7. The third kappa shape index (κ3) is 5.17. The second kappa shape index (κ2) is 8.57. The highest BCUT2D eigenvalue weighted by molar-refractivity contribution is 5.29. The van der Waals surface area contributed by atoms with E-state index in [-0.39, 0.29) is 6.10 Å². The van der Waals surface area contributed by atoms with Gasteiger partial charge in [0.25, 0.3) is 0 Å². The molecular formula is C19H25NO2. The zero-order valence-corrected chi connectivity index (χ0v) is 13.6. The summed E-state index contributed by atoms with van der Waals surface area (Å²) in [6, 6.07) is 16.6. The van der Waals surface area contributed by atoms with Crippen LogP contribution in [0.3, 0.4) is 0 Å². The van der Waals surface area contributed by atoms with Gasteiger partial charge in [0, 0.05) is 20.2 Å². The smallest absolute Gasteiger partial charge is 0.120 e. The van der Waals surface area contributed by atoms with Crippen LogP contribution in [0.15, 0.2) is 48.5 Å². The molecule has 1 N–H and O–H groups in total. The lowest BCUT2D eigenvalue weighted by Crippen LogP contribution is -2.14. The van der Waals surface area contributed by atoms with Crippen LogP contribution in [0.4, 0.5) is 0 Å². The molecule has 0 aromatic heterocycles. The van der Waals surface area contributed by atoms with Gasteiger partial charge in [-0.05, 0) is 42.7 Å². The highest BCUT2D eigenvalue weighted by Crippen LogP contribution is 2.15. The number of hydrogen-bond acceptors (Lipinski definition) is 3. The van der Waals surface area contributed by atoms with Crippen molar-refractivity contribution in [1.29, 1.82) is 0 Å². The van der Waals surface area contributed by atoms with Crippen LogP contribution in [0, 0.1) is 0 Å². The van der Waals surface area contributed by atoms with E-state index in [4.69, 9.17) is 9.47 Å². The minimum absolute atomic E-state index is 0.198. The average molecular weight is 299 g/mol. The van der Waals surface area contributed by atoms with Gasteiger partial charge in [-0.3, -0.25) is 0 Å². The predicted molar refractivity (Wildman–Crippen MR) is 89.9 cm³/mol. The predicted octanol–water partition coefficient (Wildman–Crippen LogP) is 3.91. The molecule has 22 heavy (non-hydrogen) atoms. The summed E-state index contributed by atoms with van der Waals surface area (Å²) in [5.74, 6) is 0.925. The molecule has 0 radical (unpaired) electrons. The first-order valence-corrected chi connectivity index (χ1v) is 7.71. The van der Waals surface area contributed by atoms with Gasteiger partial charge in [0.05, 0.1) is 12.7 Å². The molecule has 0 atom stereocenters. The highest BCUT2D eigenvalue weighted by Gasteiger charge is 2.02. The van der Waals surface area contributed by atoms with E-state index in [1.807, 2.05) is 32.0 Å². The fraction of sp³-hybridized carbons (Fsp3) is 0.368. The largest absolute Gasteiger partial charge is 0.491 e. The summed E-state index contributed by atoms with van der Waals surface area (Å²) >= 11 is 0. The molecule has 3 nitrogen and oxygen atoms in total. The summed E-state index contributed by atoms with van der Waals surface area (Å²) in [5.41, 5.74) is 3.73. The molecule has 0 amide bonds. The van der Waals surface area contributed by atoms with Crippen molar-refractivity contribution in [2.75, 3.05) is 7.11 Å². The highest BCUT2D eigenvalue weighted by atomic mass is 16.5. The molecule has 0 aliphatic carbocycles. The summed E-state index contributed by atoms with van der Waals surface area (Å²) in [4.78, 5) is 0. The number of ether oxygens (including phenoxy) is 2. The Morgan fingerprint density at radius 2 is 1.73 bits per heavy atom. The van der Waals surface area contributed by atoms with E-state index in [9.17, 15) is 0 Å². The van der Waals surface area contributed by atoms with E-state index < -0.39 is 0 Å². The van der Waals surface area contributed by atoms with Crippen molar-refractivity contribution in [3.05, 3.63) is 65.2 Å². The molecule has 0 saturated heterocycles. The summed E-state index contributed by atoms with van der Waals surface area (Å²) in [6.45, 7) is 6.37. The van der Waals surface area contributed by atoms with Gasteiger partial charge in [0.15, 0.2) is 0 Å². The minimum atomic E-state index is 0.198. The molecule has 0 saturated carbocycles. The van der Waals surface area contributed by atoms with Crippen LogP contribution in [-0.2, 0) is 24.4 Å². The second-order valence-electron chi connectivity index (χ2n) is 5.62. The zero-order valence-electron chi connectivity index (χ0n) is 13.6. The molecule has 0 aliphatic heterocycles. The number of benzene rings is 2. The number of hydrogen-bond donors (Lipinski definition) is 1. The van der Waals surface area contributed by atoms with Gasteiger partial charge in [0.2, 0.25) is 0 Å². The molecule has 0 aliphatic rings. The van der Waals surface area contributed by atoms with Crippen LogP contribution < -0.4 is 10.1 Å². The van der Waals surface area contributed by atoms with Crippen molar-refractivity contribution < 1.29 is 9.47 Å². The normalized spacial score (nSPS) is 10.9. The molecule has 2 aromatic carbocycles. The fourth-order valence-corrected chi connectivity index (χ4v) is 2.37. The molecule has 0 spiro atoms. The van der Waals surface area contributed by atoms with Crippen molar-refractivity contribution >= 4 is 0 Å². The Bertz CT molecular complexity index is 581. The van der Waals surface area contributed by atoms with E-state index in [0.29, 0.717) is 6.61 Å². The first-order valence-electron chi connectivity index (χ1n) is 7.71. The quantitative estimate of drug-likeness (QED) is 0.801. The lowest BCUT2D eigenvalue weighted by Gasteiger charge is -2.12. The zero-order chi connectivity index (χ0) is 15.8. The molecule has 0 heterocycles. The Morgan fingerprint density at radius 1 is 0.955 bits per heavy atom. The monoisotopic (exact) mass is 299 g/mol. The molecule has 3 heteroatoms. The van der Waals surface area contributed by atoms with Crippen molar-refractivity contribution in [1.82, 2.24) is 5.32 Å². The van der Waals surface area contributed by atoms with Gasteiger partial charge in [0.1, 0.15) is 5.75 Å². The van der Waals surface area contributed by atoms with Crippen molar-refractivity contribution in [3.8, 4) is 5.75 Å². The fourth-order valence-electron chi connectivity index (χ4n) is 2.37. The molecule has 2 rings (SSSR count). The number of nitrogens with one attached hydrogen (secondary N) is 1. The third-order valence-corrected chi connectivity index (χ3v) is 3.33. The van der Waals surface area contributed by atoms with Crippen LogP contribution in [0.2, 0.25) is 0 Å². The summed E-state index contributed by atoms with van der Waals surface area (Å²) in [5, 5.41) is 3.49. The molecule has 0 unspecified atom stereocenters. The third-order valence-electron chi connectivity index (χ3n) is 3.33. The van der Waals surface area contributed by atoms with Crippen molar-refractivity contribution in [2.45, 2.75) is 39.6 Å². The molecule has 0 fully saturated rings. The molecule has 0 bridgehead atoms. The average Bonchev–Trinajstić information content (AvgIpc) is 2.49. The lowest BCUT2D eigenvalue weighted by molar-refractivity contribution is 0.184. The van der Waals surface area contributed by atoms with Crippen LogP contribution >= 0.6 is 0 Å². The molecular weight excluding hydrogens is 274 g/mol. The first kappa shape index (κ1) is 16.5. The lowest BCUT2D eigenvalue weighted by atomic mass is 10.1. The maximum atomic E-state index is 5.73. The van der Waals surface area contributed by atoms with Crippen molar-refractivity contribution in [2.24, 2.45) is 0 Å². The Hall–Kier alpha value is -1.84. The SMILES string of the molecule is COCc1ccccc1CNCc1cccc(OC(C)C)c1. The van der Waals surface area contributed by atoms with Gasteiger partial charge in [-0.1, -0.05) is 36.4 Å². The van der Waals surface area contributed by atoms with E-state index in [2.05, 4.69) is 35.6 Å². The van der Waals surface area contributed by atoms with Crippen LogP contribution in [0.25, 0.3) is 0 Å². The van der Waals surface area contributed by atoms with Gasteiger partial charge in [-0.15, -0.1) is 0 Å². The number of methoxy groups -OCH3 is 1. The minimum Gasteiger partial charge on any atom is -0.491 e. The van der Waals surface area contributed by atoms with Crippen LogP contribution in [0.1, 0.15) is 30.5 Å². The standard InChI is InChI=1S/C19H25NO2/c1-15(2)22-19-10-6-7-16(11-19)12-20-13-17-8-4-5-9-18(17)14-21-3/h4-11,15,20H,12-14H2,1-3H3. The number of rotatable bonds is 8. The summed E-state index contributed by atoms with van der Waals surface area (Å²) in [6.07, 6.45) is 0.198. The van der Waals surface area contributed by atoms with E-state index in [1.165, 1.54) is 16.7 Å². The Balaban J connectivity index is 1.91. The molecule has 118 valence electrons. The van der Waals surface area contributed by atoms with E-state index >= 15 is 0 Å². The van der Waals surface area contributed by atoms with E-state index in [0.717, 1.165) is 18.8 Å². The molecule has 2 aromatic rings. The Labute approximate surface area is 133 Å². The Morgan fingerprint density at radius 3 is 2.45 bits per heavy atom. The summed E-state index contributed by atoms with van der Waals surface area (Å²) < 4.78 is 11.0. The van der Waals surface area contributed by atoms with Crippen LogP contribution in [0.5, 0.6) is 5.75 Å². The maximum Gasteiger partial charge on any atom is 0.120 e. The maximum absolute atomic E-state index is 5.73.